The molecular weight excluding hydrogens is 216 g/mol. The minimum Gasteiger partial charge on any atom is -0.421 e. The highest BCUT2D eigenvalue weighted by Gasteiger charge is 2.10. The number of esters is 1. The van der Waals surface area contributed by atoms with E-state index in [2.05, 4.69) is 6.58 Å². The number of hydrogen-bond acceptors (Lipinski definition) is 4. The summed E-state index contributed by atoms with van der Waals surface area (Å²) in [6.07, 6.45) is 1.07. The van der Waals surface area contributed by atoms with Gasteiger partial charge in [-0.05, 0) is 0 Å². The zero-order chi connectivity index (χ0) is 12.4. The lowest BCUT2D eigenvalue weighted by Gasteiger charge is -2.10. The highest BCUT2D eigenvalue weighted by atomic mass is 16.5. The van der Waals surface area contributed by atoms with Crippen molar-refractivity contribution in [3.63, 3.8) is 0 Å². The zero-order valence-corrected chi connectivity index (χ0v) is 9.14. The van der Waals surface area contributed by atoms with Crippen molar-refractivity contribution in [2.45, 2.75) is 0 Å². The number of ether oxygens (including phenoxy) is 1. The molecule has 0 aromatic heterocycles. The van der Waals surface area contributed by atoms with Crippen molar-refractivity contribution >= 4 is 28.1 Å². The van der Waals surface area contributed by atoms with Gasteiger partial charge >= 0.3 is 5.97 Å². The van der Waals surface area contributed by atoms with E-state index in [1.165, 1.54) is 0 Å². The normalized spacial score (nSPS) is 10.1. The van der Waals surface area contributed by atoms with E-state index in [1.54, 1.807) is 6.07 Å². The second-order valence-electron chi connectivity index (χ2n) is 3.55. The van der Waals surface area contributed by atoms with E-state index in [9.17, 15) is 4.79 Å². The molecule has 2 aromatic carbocycles. The average Bonchev–Trinajstić information content (AvgIpc) is 2.35. The number of fused-ring (bicyclic) bond motifs is 1. The third-order valence-corrected chi connectivity index (χ3v) is 2.46. The molecule has 2 aromatic rings. The van der Waals surface area contributed by atoms with E-state index < -0.39 is 5.97 Å². The molecule has 4 N–H and O–H groups in total. The summed E-state index contributed by atoms with van der Waals surface area (Å²) in [5.74, 6) is -0.308. The summed E-state index contributed by atoms with van der Waals surface area (Å²) in [7, 11) is 0. The van der Waals surface area contributed by atoms with E-state index in [4.69, 9.17) is 16.2 Å². The van der Waals surface area contributed by atoms with Crippen molar-refractivity contribution in [2.24, 2.45) is 0 Å². The Balaban J connectivity index is 2.62. The van der Waals surface area contributed by atoms with Crippen LogP contribution in [0.3, 0.4) is 0 Å². The van der Waals surface area contributed by atoms with Gasteiger partial charge in [-0.3, -0.25) is 0 Å². The van der Waals surface area contributed by atoms with Crippen LogP contribution in [0.25, 0.3) is 10.8 Å². The number of rotatable bonds is 2. The monoisotopic (exact) mass is 228 g/mol. The first kappa shape index (κ1) is 11.0. The lowest BCUT2D eigenvalue weighted by molar-refractivity contribution is -0.128. The molecule has 0 heterocycles. The molecule has 0 aliphatic carbocycles. The Kier molecular flexibility index (Phi) is 2.70. The van der Waals surface area contributed by atoms with E-state index in [0.717, 1.165) is 16.8 Å². The molecule has 0 unspecified atom stereocenters. The van der Waals surface area contributed by atoms with Crippen molar-refractivity contribution in [3.8, 4) is 5.75 Å². The van der Waals surface area contributed by atoms with Gasteiger partial charge in [0.2, 0.25) is 0 Å². The zero-order valence-electron chi connectivity index (χ0n) is 9.14. The van der Waals surface area contributed by atoms with E-state index in [0.29, 0.717) is 11.4 Å². The first-order valence-electron chi connectivity index (χ1n) is 5.04. The smallest absolute Gasteiger partial charge is 0.335 e. The van der Waals surface area contributed by atoms with E-state index in [-0.39, 0.29) is 5.75 Å². The molecule has 2 rings (SSSR count). The van der Waals surface area contributed by atoms with Gasteiger partial charge in [0.25, 0.3) is 0 Å². The molecule has 86 valence electrons. The summed E-state index contributed by atoms with van der Waals surface area (Å²) >= 11 is 0. The second kappa shape index (κ2) is 4.17. The van der Waals surface area contributed by atoms with Gasteiger partial charge in [-0.1, -0.05) is 30.8 Å². The molecule has 4 nitrogen and oxygen atoms in total. The molecule has 0 aliphatic heterocycles. The quantitative estimate of drug-likeness (QED) is 0.357. The van der Waals surface area contributed by atoms with Crippen molar-refractivity contribution in [1.29, 1.82) is 0 Å². The maximum Gasteiger partial charge on any atom is 0.335 e. The van der Waals surface area contributed by atoms with Gasteiger partial charge < -0.3 is 16.2 Å². The lowest BCUT2D eigenvalue weighted by atomic mass is 10.1. The Morgan fingerprint density at radius 1 is 1.24 bits per heavy atom. The maximum atomic E-state index is 11.1. The number of nitrogens with two attached hydrogens (primary N) is 2. The molecule has 0 saturated heterocycles. The van der Waals surface area contributed by atoms with Crippen molar-refractivity contribution < 1.29 is 9.53 Å². The molecule has 17 heavy (non-hydrogen) atoms. The Hall–Kier alpha value is -2.49. The van der Waals surface area contributed by atoms with Gasteiger partial charge in [0.1, 0.15) is 0 Å². The largest absolute Gasteiger partial charge is 0.421 e. The van der Waals surface area contributed by atoms with Crippen LogP contribution in [0.15, 0.2) is 43.0 Å². The van der Waals surface area contributed by atoms with Crippen molar-refractivity contribution in [3.05, 3.63) is 43.0 Å². The van der Waals surface area contributed by atoms with Crippen molar-refractivity contribution in [2.75, 3.05) is 11.5 Å². The summed E-state index contributed by atoms with van der Waals surface area (Å²) in [5.41, 5.74) is 12.7. The number of carbonyl (C=O) groups excluding carboxylic acids is 1. The number of anilines is 2. The highest BCUT2D eigenvalue weighted by Crippen LogP contribution is 2.34. The van der Waals surface area contributed by atoms with Crippen LogP contribution in [-0.4, -0.2) is 5.97 Å². The van der Waals surface area contributed by atoms with Crippen molar-refractivity contribution in [1.82, 2.24) is 0 Å². The number of carbonyl (C=O) groups is 1. The molecule has 0 radical (unpaired) electrons. The van der Waals surface area contributed by atoms with Crippen LogP contribution in [0.1, 0.15) is 0 Å². The summed E-state index contributed by atoms with van der Waals surface area (Å²) in [5, 5.41) is 1.60. The molecule has 0 fully saturated rings. The summed E-state index contributed by atoms with van der Waals surface area (Å²) in [6.45, 7) is 3.32. The lowest BCUT2D eigenvalue weighted by Crippen LogP contribution is -2.06. The molecule has 0 atom stereocenters. The topological polar surface area (TPSA) is 78.3 Å². The Labute approximate surface area is 98.5 Å². The molecule has 0 bridgehead atoms. The molecule has 0 spiro atoms. The van der Waals surface area contributed by atoms with Gasteiger partial charge in [0, 0.05) is 28.6 Å². The Morgan fingerprint density at radius 2 is 1.88 bits per heavy atom. The van der Waals surface area contributed by atoms with Crippen LogP contribution in [0.5, 0.6) is 5.75 Å². The summed E-state index contributed by atoms with van der Waals surface area (Å²) < 4.78 is 5.02. The second-order valence-corrected chi connectivity index (χ2v) is 3.55. The van der Waals surface area contributed by atoms with Gasteiger partial charge in [0.15, 0.2) is 5.75 Å². The maximum absolute atomic E-state index is 11.1. The third kappa shape index (κ3) is 1.92. The molecule has 0 saturated carbocycles. The Morgan fingerprint density at radius 3 is 2.53 bits per heavy atom. The number of hydrogen-bond donors (Lipinski definition) is 2. The first-order chi connectivity index (χ1) is 8.13. The molecule has 0 amide bonds. The highest BCUT2D eigenvalue weighted by molar-refractivity contribution is 6.03. The molecule has 4 heteroatoms. The number of benzene rings is 2. The third-order valence-electron chi connectivity index (χ3n) is 2.46. The fourth-order valence-electron chi connectivity index (χ4n) is 1.63. The van der Waals surface area contributed by atoms with E-state index in [1.807, 2.05) is 24.3 Å². The van der Waals surface area contributed by atoms with Gasteiger partial charge in [-0.15, -0.1) is 0 Å². The van der Waals surface area contributed by atoms with Gasteiger partial charge in [0.05, 0.1) is 5.69 Å². The minimum absolute atomic E-state index is 0.256. The summed E-state index contributed by atoms with van der Waals surface area (Å²) in [6, 6.07) is 8.94. The molecule has 0 aliphatic rings. The predicted molar refractivity (Wildman–Crippen MR) is 68.6 cm³/mol. The average molecular weight is 228 g/mol. The summed E-state index contributed by atoms with van der Waals surface area (Å²) in [4.78, 5) is 11.1. The first-order valence-corrected chi connectivity index (χ1v) is 5.04. The SMILES string of the molecule is C=CC(=O)Oc1cc(N)c2ccccc2c1N. The fourth-order valence-corrected chi connectivity index (χ4v) is 1.63. The van der Waals surface area contributed by atoms with Crippen LogP contribution in [-0.2, 0) is 4.79 Å². The van der Waals surface area contributed by atoms with Crippen LogP contribution in [0, 0.1) is 0 Å². The fraction of sp³-hybridized carbons (Fsp3) is 0. The van der Waals surface area contributed by atoms with Gasteiger partial charge in [-0.25, -0.2) is 4.79 Å². The predicted octanol–water partition coefficient (Wildman–Crippen LogP) is 2.10. The number of nitrogen functional groups attached to an aromatic ring is 2. The Bertz CT molecular complexity index is 606. The van der Waals surface area contributed by atoms with Crippen LogP contribution < -0.4 is 16.2 Å². The minimum atomic E-state index is -0.564. The van der Waals surface area contributed by atoms with Gasteiger partial charge in [-0.2, -0.15) is 0 Å². The standard InChI is InChI=1S/C13H12N2O2/c1-2-12(16)17-11-7-10(14)8-5-3-4-6-9(8)13(11)15/h2-7H,1,14-15H2. The van der Waals surface area contributed by atoms with E-state index >= 15 is 0 Å². The van der Waals surface area contributed by atoms with Crippen LogP contribution >= 0.6 is 0 Å². The molecular formula is C13H12N2O2. The van der Waals surface area contributed by atoms with Crippen LogP contribution in [0.2, 0.25) is 0 Å². The van der Waals surface area contributed by atoms with Crippen LogP contribution in [0.4, 0.5) is 11.4 Å².